The van der Waals surface area contributed by atoms with Gasteiger partial charge in [0.25, 0.3) is 0 Å². The molecule has 0 amide bonds. The van der Waals surface area contributed by atoms with Gasteiger partial charge in [0.1, 0.15) is 5.75 Å². The minimum absolute atomic E-state index is 0.636. The van der Waals surface area contributed by atoms with Gasteiger partial charge >= 0.3 is 0 Å². The number of nitrogens with two attached hydrogens (primary N) is 1. The van der Waals surface area contributed by atoms with E-state index >= 15 is 0 Å². The zero-order valence-electron chi connectivity index (χ0n) is 13.1. The Balaban J connectivity index is 1.78. The van der Waals surface area contributed by atoms with Crippen LogP contribution < -0.4 is 10.6 Å². The minimum Gasteiger partial charge on any atom is -0.494 e. The fraction of sp³-hybridized carbons (Fsp3) is 0.176. The lowest BCUT2D eigenvalue weighted by atomic mass is 10.2. The van der Waals surface area contributed by atoms with Gasteiger partial charge in [-0.1, -0.05) is 58.0 Å². The first-order valence-corrected chi connectivity index (χ1v) is 9.27. The lowest BCUT2D eigenvalue weighted by Gasteiger charge is -2.09. The second-order valence-corrected chi connectivity index (χ2v) is 6.87. The molecule has 1 heterocycles. The van der Waals surface area contributed by atoms with Crippen molar-refractivity contribution in [2.75, 3.05) is 12.4 Å². The zero-order chi connectivity index (χ0) is 16.9. The van der Waals surface area contributed by atoms with E-state index in [1.807, 2.05) is 55.5 Å². The molecule has 0 atom stereocenters. The molecule has 7 heteroatoms. The molecule has 24 heavy (non-hydrogen) atoms. The Morgan fingerprint density at radius 3 is 2.79 bits per heavy atom. The zero-order valence-corrected chi connectivity index (χ0v) is 15.5. The van der Waals surface area contributed by atoms with Gasteiger partial charge in [-0.3, -0.25) is 0 Å². The van der Waals surface area contributed by atoms with Crippen LogP contribution in [0.3, 0.4) is 0 Å². The van der Waals surface area contributed by atoms with Gasteiger partial charge in [-0.15, -0.1) is 10.2 Å². The van der Waals surface area contributed by atoms with Crippen molar-refractivity contribution in [1.29, 1.82) is 0 Å². The molecular weight excluding hydrogens is 388 g/mol. The first-order valence-electron chi connectivity index (χ1n) is 7.49. The summed E-state index contributed by atoms with van der Waals surface area (Å²) in [4.78, 5) is 0. The molecule has 0 aliphatic rings. The van der Waals surface area contributed by atoms with Crippen LogP contribution in [0.5, 0.6) is 5.75 Å². The Kier molecular flexibility index (Phi) is 5.42. The van der Waals surface area contributed by atoms with E-state index < -0.39 is 0 Å². The molecule has 0 radical (unpaired) electrons. The molecule has 0 saturated heterocycles. The molecule has 5 nitrogen and oxygen atoms in total. The molecule has 1 aromatic heterocycles. The van der Waals surface area contributed by atoms with Crippen molar-refractivity contribution in [3.8, 4) is 17.1 Å². The summed E-state index contributed by atoms with van der Waals surface area (Å²) in [5.41, 5.74) is 2.03. The molecule has 0 aliphatic heterocycles. The molecule has 0 bridgehead atoms. The largest absolute Gasteiger partial charge is 0.494 e. The van der Waals surface area contributed by atoms with Crippen molar-refractivity contribution in [2.24, 2.45) is 0 Å². The van der Waals surface area contributed by atoms with Crippen molar-refractivity contribution in [3.63, 3.8) is 0 Å². The molecule has 0 aliphatic carbocycles. The highest BCUT2D eigenvalue weighted by Crippen LogP contribution is 2.29. The minimum atomic E-state index is 0.636. The van der Waals surface area contributed by atoms with Crippen LogP contribution >= 0.6 is 27.7 Å². The number of hydrogen-bond donors (Lipinski definition) is 1. The van der Waals surface area contributed by atoms with Crippen LogP contribution in [-0.4, -0.2) is 21.5 Å². The number of ether oxygens (including phenoxy) is 1. The van der Waals surface area contributed by atoms with E-state index in [0.717, 1.165) is 21.3 Å². The predicted molar refractivity (Wildman–Crippen MR) is 100 cm³/mol. The monoisotopic (exact) mass is 404 g/mol. The molecule has 2 aromatic carbocycles. The van der Waals surface area contributed by atoms with Gasteiger partial charge in [0.05, 0.1) is 6.61 Å². The van der Waals surface area contributed by atoms with Crippen molar-refractivity contribution < 1.29 is 4.74 Å². The van der Waals surface area contributed by atoms with E-state index in [0.29, 0.717) is 23.3 Å². The lowest BCUT2D eigenvalue weighted by molar-refractivity contribution is 0.337. The summed E-state index contributed by atoms with van der Waals surface area (Å²) in [6.07, 6.45) is 0. The maximum absolute atomic E-state index is 6.17. The predicted octanol–water partition coefficient (Wildman–Crippen LogP) is 4.11. The third kappa shape index (κ3) is 3.73. The topological polar surface area (TPSA) is 66.0 Å². The molecule has 0 saturated carbocycles. The van der Waals surface area contributed by atoms with E-state index in [-0.39, 0.29) is 0 Å². The summed E-state index contributed by atoms with van der Waals surface area (Å²) in [5, 5.41) is 9.08. The average Bonchev–Trinajstić information content (AvgIpc) is 2.95. The van der Waals surface area contributed by atoms with Crippen LogP contribution in [0.1, 0.15) is 12.5 Å². The number of hydrogen-bond acceptors (Lipinski definition) is 5. The first kappa shape index (κ1) is 16.9. The number of aromatic nitrogens is 3. The van der Waals surface area contributed by atoms with Gasteiger partial charge in [0.15, 0.2) is 5.82 Å². The highest BCUT2D eigenvalue weighted by Gasteiger charge is 2.13. The van der Waals surface area contributed by atoms with Crippen LogP contribution in [0.2, 0.25) is 0 Å². The fourth-order valence-electron chi connectivity index (χ4n) is 2.26. The molecular formula is C17H17BrN4OS. The number of thioether (sulfide) groups is 1. The highest BCUT2D eigenvalue weighted by molar-refractivity contribution is 9.10. The molecule has 0 unspecified atom stereocenters. The Morgan fingerprint density at radius 2 is 2.00 bits per heavy atom. The molecule has 3 aromatic rings. The summed E-state index contributed by atoms with van der Waals surface area (Å²) in [7, 11) is 0. The van der Waals surface area contributed by atoms with Crippen molar-refractivity contribution >= 4 is 27.7 Å². The van der Waals surface area contributed by atoms with Gasteiger partial charge < -0.3 is 10.6 Å². The smallest absolute Gasteiger partial charge is 0.210 e. The highest BCUT2D eigenvalue weighted by atomic mass is 79.9. The van der Waals surface area contributed by atoms with E-state index in [2.05, 4.69) is 26.1 Å². The first-order chi connectivity index (χ1) is 11.7. The molecule has 124 valence electrons. The quantitative estimate of drug-likeness (QED) is 0.494. The normalized spacial score (nSPS) is 10.8. The van der Waals surface area contributed by atoms with E-state index in [1.165, 1.54) is 16.4 Å². The molecule has 2 N–H and O–H groups in total. The maximum atomic E-state index is 6.17. The summed E-state index contributed by atoms with van der Waals surface area (Å²) in [6, 6.07) is 15.8. The van der Waals surface area contributed by atoms with Gasteiger partial charge in [0.2, 0.25) is 5.16 Å². The van der Waals surface area contributed by atoms with Crippen LogP contribution in [0.4, 0.5) is 0 Å². The number of rotatable bonds is 6. The Hall–Kier alpha value is -1.99. The maximum Gasteiger partial charge on any atom is 0.210 e. The second-order valence-electron chi connectivity index (χ2n) is 5.02. The van der Waals surface area contributed by atoms with Gasteiger partial charge in [0, 0.05) is 21.4 Å². The second kappa shape index (κ2) is 7.72. The Morgan fingerprint density at radius 1 is 1.17 bits per heavy atom. The fourth-order valence-corrected chi connectivity index (χ4v) is 3.51. The number of nitrogen functional groups attached to an aromatic ring is 1. The van der Waals surface area contributed by atoms with E-state index in [1.54, 1.807) is 0 Å². The van der Waals surface area contributed by atoms with Crippen molar-refractivity contribution in [1.82, 2.24) is 14.9 Å². The summed E-state index contributed by atoms with van der Waals surface area (Å²) < 4.78 is 8.15. The third-order valence-electron chi connectivity index (χ3n) is 3.38. The van der Waals surface area contributed by atoms with Gasteiger partial charge in [-0.2, -0.15) is 0 Å². The number of halogens is 1. The third-order valence-corrected chi connectivity index (χ3v) is 4.86. The summed E-state index contributed by atoms with van der Waals surface area (Å²) in [5.74, 6) is 8.41. The van der Waals surface area contributed by atoms with Crippen LogP contribution in [0.15, 0.2) is 58.2 Å². The van der Waals surface area contributed by atoms with Crippen LogP contribution in [0, 0.1) is 0 Å². The number of para-hydroxylation sites is 1. The Bertz CT molecular complexity index is 837. The van der Waals surface area contributed by atoms with E-state index in [9.17, 15) is 0 Å². The van der Waals surface area contributed by atoms with Crippen LogP contribution in [-0.2, 0) is 5.75 Å². The number of nitrogens with zero attached hydrogens (tertiary/aromatic N) is 3. The van der Waals surface area contributed by atoms with Gasteiger partial charge in [-0.25, -0.2) is 4.68 Å². The van der Waals surface area contributed by atoms with Crippen molar-refractivity contribution in [3.05, 3.63) is 58.6 Å². The van der Waals surface area contributed by atoms with Crippen molar-refractivity contribution in [2.45, 2.75) is 17.8 Å². The molecule has 0 fully saturated rings. The molecule has 0 spiro atoms. The van der Waals surface area contributed by atoms with E-state index in [4.69, 9.17) is 10.6 Å². The molecule has 3 rings (SSSR count). The SMILES string of the molecule is CCOc1ccccc1CSc1nnc(-c2cccc(Br)c2)n1N. The summed E-state index contributed by atoms with van der Waals surface area (Å²) in [6.45, 7) is 2.62. The standard InChI is InChI=1S/C17H17BrN4OS/c1-2-23-15-9-4-3-6-13(15)11-24-17-21-20-16(22(17)19)12-7-5-8-14(18)10-12/h3-10H,2,11,19H2,1H3. The lowest BCUT2D eigenvalue weighted by Crippen LogP contribution is -2.11. The Labute approximate surface area is 153 Å². The number of benzene rings is 2. The van der Waals surface area contributed by atoms with Crippen LogP contribution in [0.25, 0.3) is 11.4 Å². The summed E-state index contributed by atoms with van der Waals surface area (Å²) >= 11 is 4.99. The van der Waals surface area contributed by atoms with Gasteiger partial charge in [-0.05, 0) is 25.1 Å². The average molecular weight is 405 g/mol.